The monoisotopic (exact) mass is 462 g/mol. The van der Waals surface area contributed by atoms with E-state index < -0.39 is 0 Å². The molecule has 6 nitrogen and oxygen atoms in total. The van der Waals surface area contributed by atoms with E-state index >= 15 is 0 Å². The number of amides is 2. The van der Waals surface area contributed by atoms with Gasteiger partial charge in [0, 0.05) is 21.9 Å². The predicted molar refractivity (Wildman–Crippen MR) is 132 cm³/mol. The number of anilines is 2. The average Bonchev–Trinajstić information content (AvgIpc) is 3.27. The van der Waals surface area contributed by atoms with Gasteiger partial charge in [-0.2, -0.15) is 0 Å². The lowest BCUT2D eigenvalue weighted by Gasteiger charge is -2.08. The maximum Gasteiger partial charge on any atom is 0.325 e. The minimum Gasteiger partial charge on any atom is -0.493 e. The van der Waals surface area contributed by atoms with E-state index in [2.05, 4.69) is 26.9 Å². The Labute approximate surface area is 195 Å². The second-order valence-corrected chi connectivity index (χ2v) is 8.98. The van der Waals surface area contributed by atoms with Gasteiger partial charge >= 0.3 is 6.03 Å². The van der Waals surface area contributed by atoms with Crippen LogP contribution in [0, 0.1) is 6.92 Å². The number of hydrogen-bond donors (Lipinski definition) is 2. The molecule has 8 heteroatoms. The summed E-state index contributed by atoms with van der Waals surface area (Å²) in [5.74, 6) is 1.67. The first-order valence-corrected chi connectivity index (χ1v) is 11.9. The van der Waals surface area contributed by atoms with Crippen LogP contribution in [0.3, 0.4) is 0 Å². The first-order chi connectivity index (χ1) is 15.7. The van der Waals surface area contributed by atoms with E-state index in [1.54, 1.807) is 11.8 Å². The minimum absolute atomic E-state index is 0.350. The van der Waals surface area contributed by atoms with Crippen LogP contribution in [0.5, 0.6) is 5.75 Å². The number of thioether (sulfide) groups is 1. The van der Waals surface area contributed by atoms with Crippen LogP contribution < -0.4 is 15.4 Å². The van der Waals surface area contributed by atoms with E-state index in [-0.39, 0.29) is 6.03 Å². The molecule has 4 rings (SSSR count). The summed E-state index contributed by atoms with van der Waals surface area (Å²) in [5.41, 5.74) is 2.84. The molecule has 4 aromatic rings. The SMILES string of the molecule is Cc1ccc(NC(=O)Nc2nnc(-c3ccccc3SCCOc3ccccc3)s2)cc1. The van der Waals surface area contributed by atoms with Gasteiger partial charge in [-0.25, -0.2) is 4.79 Å². The number of urea groups is 1. The summed E-state index contributed by atoms with van der Waals surface area (Å²) in [6.07, 6.45) is 0. The summed E-state index contributed by atoms with van der Waals surface area (Å²) in [7, 11) is 0. The van der Waals surface area contributed by atoms with Gasteiger partial charge in [-0.3, -0.25) is 5.32 Å². The van der Waals surface area contributed by atoms with Crippen LogP contribution in [0.15, 0.2) is 83.8 Å². The second kappa shape index (κ2) is 10.8. The van der Waals surface area contributed by atoms with Gasteiger partial charge in [-0.1, -0.05) is 65.4 Å². The van der Waals surface area contributed by atoms with Crippen molar-refractivity contribution < 1.29 is 9.53 Å². The lowest BCUT2D eigenvalue weighted by Crippen LogP contribution is -2.19. The van der Waals surface area contributed by atoms with Gasteiger partial charge < -0.3 is 10.1 Å². The van der Waals surface area contributed by atoms with Gasteiger partial charge in [0.25, 0.3) is 0 Å². The summed E-state index contributed by atoms with van der Waals surface area (Å²) in [5, 5.41) is 15.1. The summed E-state index contributed by atoms with van der Waals surface area (Å²) in [4.78, 5) is 13.4. The molecule has 0 unspecified atom stereocenters. The fourth-order valence-corrected chi connectivity index (χ4v) is 4.60. The molecular formula is C24H22N4O2S2. The number of hydrogen-bond acceptors (Lipinski definition) is 6. The number of aryl methyl sites for hydroxylation is 1. The van der Waals surface area contributed by atoms with Gasteiger partial charge in [-0.15, -0.1) is 22.0 Å². The van der Waals surface area contributed by atoms with Gasteiger partial charge in [0.1, 0.15) is 5.75 Å². The van der Waals surface area contributed by atoms with E-state index in [0.29, 0.717) is 11.7 Å². The molecule has 2 N–H and O–H groups in total. The molecule has 0 radical (unpaired) electrons. The molecule has 2 amide bonds. The molecule has 0 fully saturated rings. The Bertz CT molecular complexity index is 1160. The summed E-state index contributed by atoms with van der Waals surface area (Å²) < 4.78 is 5.78. The van der Waals surface area contributed by atoms with Gasteiger partial charge in [0.15, 0.2) is 5.01 Å². The first kappa shape index (κ1) is 21.9. The Morgan fingerprint density at radius 1 is 0.938 bits per heavy atom. The fourth-order valence-electron chi connectivity index (χ4n) is 2.88. The Hall–Kier alpha value is -3.36. The highest BCUT2D eigenvalue weighted by Gasteiger charge is 2.13. The molecule has 0 spiro atoms. The van der Waals surface area contributed by atoms with Crippen LogP contribution >= 0.6 is 23.1 Å². The maximum atomic E-state index is 12.3. The lowest BCUT2D eigenvalue weighted by molar-refractivity contribution is 0.262. The van der Waals surface area contributed by atoms with Crippen molar-refractivity contribution >= 4 is 39.9 Å². The van der Waals surface area contributed by atoms with Crippen molar-refractivity contribution in [1.82, 2.24) is 10.2 Å². The van der Waals surface area contributed by atoms with Crippen LogP contribution in [-0.2, 0) is 0 Å². The number of nitrogens with zero attached hydrogens (tertiary/aromatic N) is 2. The van der Waals surface area contributed by atoms with E-state index in [1.807, 2.05) is 79.7 Å². The largest absolute Gasteiger partial charge is 0.493 e. The molecular weight excluding hydrogens is 440 g/mol. The van der Waals surface area contributed by atoms with Crippen LogP contribution in [0.2, 0.25) is 0 Å². The third kappa shape index (κ3) is 6.09. The molecule has 1 aromatic heterocycles. The number of nitrogens with one attached hydrogen (secondary N) is 2. The maximum absolute atomic E-state index is 12.3. The molecule has 0 saturated carbocycles. The zero-order chi connectivity index (χ0) is 22.2. The third-order valence-electron chi connectivity index (χ3n) is 4.43. The average molecular weight is 463 g/mol. The molecule has 3 aromatic carbocycles. The van der Waals surface area contributed by atoms with Crippen LogP contribution in [0.4, 0.5) is 15.6 Å². The second-order valence-electron chi connectivity index (χ2n) is 6.86. The highest BCUT2D eigenvalue weighted by atomic mass is 32.2. The molecule has 0 aliphatic heterocycles. The summed E-state index contributed by atoms with van der Waals surface area (Å²) in [6, 6.07) is 25.1. The van der Waals surface area contributed by atoms with Crippen molar-refractivity contribution in [2.24, 2.45) is 0 Å². The van der Waals surface area contributed by atoms with Gasteiger partial charge in [0.05, 0.1) is 6.61 Å². The van der Waals surface area contributed by atoms with Crippen molar-refractivity contribution in [3.63, 3.8) is 0 Å². The van der Waals surface area contributed by atoms with Crippen LogP contribution in [0.25, 0.3) is 10.6 Å². The molecule has 32 heavy (non-hydrogen) atoms. The number of ether oxygens (including phenoxy) is 1. The number of rotatable bonds is 8. The molecule has 1 heterocycles. The normalized spacial score (nSPS) is 10.5. The minimum atomic E-state index is -0.350. The molecule has 0 bridgehead atoms. The van der Waals surface area contributed by atoms with Crippen molar-refractivity contribution in [1.29, 1.82) is 0 Å². The zero-order valence-electron chi connectivity index (χ0n) is 17.4. The van der Waals surface area contributed by atoms with Crippen molar-refractivity contribution in [2.75, 3.05) is 23.0 Å². The molecule has 162 valence electrons. The molecule has 0 aliphatic rings. The quantitative estimate of drug-likeness (QED) is 0.236. The van der Waals surface area contributed by atoms with Crippen molar-refractivity contribution in [2.45, 2.75) is 11.8 Å². The van der Waals surface area contributed by atoms with Crippen molar-refractivity contribution in [3.05, 3.63) is 84.4 Å². The van der Waals surface area contributed by atoms with E-state index in [9.17, 15) is 4.79 Å². The highest BCUT2D eigenvalue weighted by Crippen LogP contribution is 2.34. The molecule has 0 aliphatic carbocycles. The van der Waals surface area contributed by atoms with Crippen molar-refractivity contribution in [3.8, 4) is 16.3 Å². The Balaban J connectivity index is 1.35. The number of para-hydroxylation sites is 1. The van der Waals surface area contributed by atoms with E-state index in [1.165, 1.54) is 11.3 Å². The predicted octanol–water partition coefficient (Wildman–Crippen LogP) is 6.33. The smallest absolute Gasteiger partial charge is 0.325 e. The van der Waals surface area contributed by atoms with Crippen LogP contribution in [0.1, 0.15) is 5.56 Å². The lowest BCUT2D eigenvalue weighted by atomic mass is 10.2. The topological polar surface area (TPSA) is 76.1 Å². The zero-order valence-corrected chi connectivity index (χ0v) is 19.1. The molecule has 0 saturated heterocycles. The first-order valence-electron chi connectivity index (χ1n) is 10.1. The number of benzene rings is 3. The Morgan fingerprint density at radius 2 is 1.69 bits per heavy atom. The van der Waals surface area contributed by atoms with Crippen LogP contribution in [-0.4, -0.2) is 28.6 Å². The third-order valence-corrected chi connectivity index (χ3v) is 6.33. The Morgan fingerprint density at radius 3 is 2.50 bits per heavy atom. The number of carbonyl (C=O) groups is 1. The van der Waals surface area contributed by atoms with E-state index in [4.69, 9.17) is 4.74 Å². The Kier molecular flexibility index (Phi) is 7.37. The van der Waals surface area contributed by atoms with Gasteiger partial charge in [0.2, 0.25) is 5.13 Å². The standard InChI is InChI=1S/C24H22N4O2S2/c1-17-11-13-18(14-12-17)25-23(29)26-24-28-27-22(32-24)20-9-5-6-10-21(20)31-16-15-30-19-7-3-2-4-8-19/h2-14H,15-16H2,1H3,(H2,25,26,28,29). The number of carbonyl (C=O) groups excluding carboxylic acids is 1. The highest BCUT2D eigenvalue weighted by molar-refractivity contribution is 7.99. The number of aromatic nitrogens is 2. The summed E-state index contributed by atoms with van der Waals surface area (Å²) >= 11 is 3.04. The summed E-state index contributed by atoms with van der Waals surface area (Å²) in [6.45, 7) is 2.60. The molecule has 0 atom stereocenters. The fraction of sp³-hybridized carbons (Fsp3) is 0.125. The van der Waals surface area contributed by atoms with E-state index in [0.717, 1.165) is 38.2 Å². The van der Waals surface area contributed by atoms with Gasteiger partial charge in [-0.05, 0) is 37.3 Å².